The second-order valence-electron chi connectivity index (χ2n) is 6.30. The minimum absolute atomic E-state index is 0.618. The van der Waals surface area contributed by atoms with E-state index in [2.05, 4.69) is 32.1 Å². The number of nitrogens with zero attached hydrogens (tertiary/aromatic N) is 3. The van der Waals surface area contributed by atoms with Crippen molar-refractivity contribution in [3.63, 3.8) is 0 Å². The molecule has 0 spiro atoms. The van der Waals surface area contributed by atoms with Gasteiger partial charge in [0.25, 0.3) is 0 Å². The maximum atomic E-state index is 5.43. The number of quaternary nitrogens is 1. The van der Waals surface area contributed by atoms with Gasteiger partial charge in [0.2, 0.25) is 4.77 Å². The molecule has 2 aromatic heterocycles. The average Bonchev–Trinajstić information content (AvgIpc) is 3.04. The Morgan fingerprint density at radius 2 is 1.80 bits per heavy atom. The summed E-state index contributed by atoms with van der Waals surface area (Å²) >= 11 is 5.43. The monoisotopic (exact) mass is 354 g/mol. The van der Waals surface area contributed by atoms with Gasteiger partial charge in [-0.05, 0) is 12.2 Å². The van der Waals surface area contributed by atoms with E-state index in [0.717, 1.165) is 44.2 Å². The van der Waals surface area contributed by atoms with Crippen LogP contribution in [0.25, 0.3) is 11.4 Å². The number of piperazine rings is 1. The predicted molar refractivity (Wildman–Crippen MR) is 98.8 cm³/mol. The highest BCUT2D eigenvalue weighted by molar-refractivity contribution is 7.71. The summed E-state index contributed by atoms with van der Waals surface area (Å²) in [5.74, 6) is 0.837. The first-order chi connectivity index (χ1) is 12.3. The SMILES string of the molecule is S=c1nc(-c2ccccc2)[nH]n1C[NH+]1CCN(c2cc[nH+]cc2)CC1. The van der Waals surface area contributed by atoms with E-state index >= 15 is 0 Å². The highest BCUT2D eigenvalue weighted by atomic mass is 32.1. The third-order valence-electron chi connectivity index (χ3n) is 4.64. The van der Waals surface area contributed by atoms with Gasteiger partial charge in [-0.2, -0.15) is 4.98 Å². The van der Waals surface area contributed by atoms with Crippen LogP contribution in [0.1, 0.15) is 0 Å². The van der Waals surface area contributed by atoms with Crippen molar-refractivity contribution >= 4 is 17.9 Å². The third-order valence-corrected chi connectivity index (χ3v) is 4.96. The highest BCUT2D eigenvalue weighted by Crippen LogP contribution is 2.13. The van der Waals surface area contributed by atoms with Crippen molar-refractivity contribution in [3.05, 3.63) is 59.6 Å². The fourth-order valence-electron chi connectivity index (χ4n) is 3.24. The van der Waals surface area contributed by atoms with Crippen LogP contribution >= 0.6 is 12.2 Å². The molecule has 3 N–H and O–H groups in total. The van der Waals surface area contributed by atoms with Crippen molar-refractivity contribution in [1.82, 2.24) is 14.8 Å². The van der Waals surface area contributed by atoms with E-state index in [4.69, 9.17) is 12.2 Å². The standard InChI is InChI=1S/C18H20N6S/c25-18-20-17(15-4-2-1-3-5-15)21-24(18)14-22-10-12-23(13-11-22)16-6-8-19-9-7-16/h1-9H,10-14H2,(H,20,21,25)/p+2. The van der Waals surface area contributed by atoms with Gasteiger partial charge in [0, 0.05) is 23.4 Å². The topological polar surface area (TPSA) is 55.4 Å². The number of hydrogen-bond donors (Lipinski definition) is 2. The lowest BCUT2D eigenvalue weighted by Crippen LogP contribution is -3.14. The highest BCUT2D eigenvalue weighted by Gasteiger charge is 2.21. The predicted octanol–water partition coefficient (Wildman–Crippen LogP) is 0.784. The first-order valence-electron chi connectivity index (χ1n) is 8.56. The molecule has 4 rings (SSSR count). The quantitative estimate of drug-likeness (QED) is 0.681. The summed E-state index contributed by atoms with van der Waals surface area (Å²) in [5, 5.41) is 3.35. The van der Waals surface area contributed by atoms with Gasteiger partial charge in [0.1, 0.15) is 0 Å². The number of pyridine rings is 1. The van der Waals surface area contributed by atoms with E-state index in [-0.39, 0.29) is 0 Å². The Morgan fingerprint density at radius 3 is 2.52 bits per heavy atom. The molecular formula is C18H22N6S+2. The van der Waals surface area contributed by atoms with E-state index in [9.17, 15) is 0 Å². The molecule has 0 aliphatic carbocycles. The summed E-state index contributed by atoms with van der Waals surface area (Å²) < 4.78 is 2.60. The number of hydrogen-bond acceptors (Lipinski definition) is 3. The van der Waals surface area contributed by atoms with Gasteiger partial charge in [0.05, 0.1) is 26.2 Å². The summed E-state index contributed by atoms with van der Waals surface area (Å²) in [6.45, 7) is 5.09. The lowest BCUT2D eigenvalue weighted by Gasteiger charge is -2.33. The van der Waals surface area contributed by atoms with Crippen LogP contribution in [0.3, 0.4) is 0 Å². The van der Waals surface area contributed by atoms with Crippen LogP contribution in [0.5, 0.6) is 0 Å². The van der Waals surface area contributed by atoms with E-state index in [1.54, 1.807) is 0 Å². The number of aromatic amines is 2. The van der Waals surface area contributed by atoms with Gasteiger partial charge < -0.3 is 9.80 Å². The number of rotatable bonds is 4. The molecule has 1 aliphatic rings. The van der Waals surface area contributed by atoms with Gasteiger partial charge >= 0.3 is 0 Å². The minimum atomic E-state index is 0.618. The molecule has 7 heteroatoms. The molecule has 3 aromatic rings. The normalized spacial score (nSPS) is 15.4. The van der Waals surface area contributed by atoms with E-state index in [1.165, 1.54) is 10.6 Å². The van der Waals surface area contributed by atoms with Crippen LogP contribution < -0.4 is 14.8 Å². The lowest BCUT2D eigenvalue weighted by atomic mass is 10.2. The fourth-order valence-corrected chi connectivity index (χ4v) is 3.44. The smallest absolute Gasteiger partial charge is 0.221 e. The van der Waals surface area contributed by atoms with Gasteiger partial charge in [-0.1, -0.05) is 30.3 Å². The third kappa shape index (κ3) is 3.62. The second kappa shape index (κ2) is 7.16. The Labute approximate surface area is 151 Å². The number of anilines is 1. The maximum absolute atomic E-state index is 5.43. The van der Waals surface area contributed by atoms with Crippen LogP contribution in [-0.2, 0) is 6.67 Å². The molecule has 6 nitrogen and oxygen atoms in total. The number of nitrogens with one attached hydrogen (secondary N) is 3. The van der Waals surface area contributed by atoms with E-state index in [0.29, 0.717) is 4.77 Å². The first kappa shape index (κ1) is 16.0. The van der Waals surface area contributed by atoms with Gasteiger partial charge in [-0.3, -0.25) is 5.10 Å². The summed E-state index contributed by atoms with van der Waals surface area (Å²) in [4.78, 5) is 11.5. The zero-order valence-electron chi connectivity index (χ0n) is 14.0. The van der Waals surface area contributed by atoms with Crippen molar-refractivity contribution < 1.29 is 9.88 Å². The molecule has 1 saturated heterocycles. The summed E-state index contributed by atoms with van der Waals surface area (Å²) in [6, 6.07) is 14.4. The van der Waals surface area contributed by atoms with Crippen LogP contribution in [0, 0.1) is 4.77 Å². The first-order valence-corrected chi connectivity index (χ1v) is 8.97. The molecule has 1 fully saturated rings. The summed E-state index contributed by atoms with van der Waals surface area (Å²) in [7, 11) is 0. The largest absolute Gasteiger partial charge is 0.360 e. The Kier molecular flexibility index (Phi) is 4.58. The summed E-state index contributed by atoms with van der Waals surface area (Å²) in [5.41, 5.74) is 2.34. The molecule has 0 unspecified atom stereocenters. The molecule has 25 heavy (non-hydrogen) atoms. The fraction of sp³-hybridized carbons (Fsp3) is 0.278. The summed E-state index contributed by atoms with van der Waals surface area (Å²) in [6.07, 6.45) is 3.95. The number of H-pyrrole nitrogens is 2. The molecule has 1 aliphatic heterocycles. The van der Waals surface area contributed by atoms with E-state index in [1.807, 2.05) is 47.4 Å². The van der Waals surface area contributed by atoms with Crippen molar-refractivity contribution in [2.45, 2.75) is 6.67 Å². The van der Waals surface area contributed by atoms with Gasteiger partial charge in [0.15, 0.2) is 24.9 Å². The Bertz CT molecular complexity index is 865. The molecule has 0 bridgehead atoms. The molecule has 0 atom stereocenters. The van der Waals surface area contributed by atoms with Crippen LogP contribution in [0.2, 0.25) is 0 Å². The Balaban J connectivity index is 1.41. The molecule has 0 radical (unpaired) electrons. The Morgan fingerprint density at radius 1 is 1.08 bits per heavy atom. The van der Waals surface area contributed by atoms with Crippen molar-refractivity contribution in [3.8, 4) is 11.4 Å². The minimum Gasteiger partial charge on any atom is -0.360 e. The molecule has 0 amide bonds. The van der Waals surface area contributed by atoms with E-state index < -0.39 is 0 Å². The van der Waals surface area contributed by atoms with Crippen molar-refractivity contribution in [2.75, 3.05) is 31.1 Å². The van der Waals surface area contributed by atoms with Crippen molar-refractivity contribution in [1.29, 1.82) is 0 Å². The number of aromatic nitrogens is 4. The molecule has 0 saturated carbocycles. The Hall–Kier alpha value is -2.51. The molecule has 1 aromatic carbocycles. The zero-order chi connectivity index (χ0) is 17.1. The van der Waals surface area contributed by atoms with Crippen molar-refractivity contribution in [2.24, 2.45) is 0 Å². The van der Waals surface area contributed by atoms with Crippen LogP contribution in [-0.4, -0.2) is 40.9 Å². The van der Waals surface area contributed by atoms with Crippen LogP contribution in [0.4, 0.5) is 5.69 Å². The van der Waals surface area contributed by atoms with Crippen LogP contribution in [0.15, 0.2) is 54.9 Å². The molecular weight excluding hydrogens is 332 g/mol. The molecule has 128 valence electrons. The molecule has 3 heterocycles. The van der Waals surface area contributed by atoms with Gasteiger partial charge in [-0.25, -0.2) is 9.67 Å². The second-order valence-corrected chi connectivity index (χ2v) is 6.67. The lowest BCUT2D eigenvalue weighted by molar-refractivity contribution is -0.924. The zero-order valence-corrected chi connectivity index (χ0v) is 14.8. The number of benzene rings is 1. The average molecular weight is 354 g/mol. The van der Waals surface area contributed by atoms with Gasteiger partial charge in [-0.15, -0.1) is 0 Å². The maximum Gasteiger partial charge on any atom is 0.221 e.